The van der Waals surface area contributed by atoms with Crippen LogP contribution >= 0.6 is 12.2 Å². The van der Waals surface area contributed by atoms with Crippen LogP contribution in [0.4, 0.5) is 0 Å². The first-order valence-electron chi connectivity index (χ1n) is 6.53. The zero-order valence-corrected chi connectivity index (χ0v) is 12.6. The average Bonchev–Trinajstić information content (AvgIpc) is 2.54. The highest BCUT2D eigenvalue weighted by Crippen LogP contribution is 2.10. The third kappa shape index (κ3) is 5.24. The maximum Gasteiger partial charge on any atom is 0.187 e. The standard InChI is InChI=1S/C16H17N3OS/c1-20-15-9-5-8-14(10-15)12-18-19-16(21)17-11-13-6-3-2-4-7-13/h2-10,12H,11H2,1H3,(H2,17,19,21)/b18-12+. The lowest BCUT2D eigenvalue weighted by atomic mass is 10.2. The molecular formula is C16H17N3OS. The molecule has 2 N–H and O–H groups in total. The molecule has 0 aliphatic rings. The van der Waals surface area contributed by atoms with Crippen molar-refractivity contribution in [2.24, 2.45) is 5.10 Å². The largest absolute Gasteiger partial charge is 0.497 e. The Morgan fingerprint density at radius 2 is 2.00 bits per heavy atom. The summed E-state index contributed by atoms with van der Waals surface area (Å²) in [4.78, 5) is 0. The molecule has 0 atom stereocenters. The lowest BCUT2D eigenvalue weighted by Gasteiger charge is -2.06. The second-order valence-electron chi connectivity index (χ2n) is 4.31. The number of hydrogen-bond donors (Lipinski definition) is 2. The normalized spacial score (nSPS) is 10.3. The molecule has 108 valence electrons. The number of hydrazone groups is 1. The fourth-order valence-electron chi connectivity index (χ4n) is 1.70. The van der Waals surface area contributed by atoms with E-state index in [1.165, 1.54) is 5.56 Å². The Hall–Kier alpha value is -2.40. The third-order valence-corrected chi connectivity index (χ3v) is 3.01. The Morgan fingerprint density at radius 3 is 2.76 bits per heavy atom. The second kappa shape index (κ2) is 8.01. The van der Waals surface area contributed by atoms with Crippen LogP contribution < -0.4 is 15.5 Å². The molecule has 0 amide bonds. The monoisotopic (exact) mass is 299 g/mol. The summed E-state index contributed by atoms with van der Waals surface area (Å²) in [5.41, 5.74) is 4.89. The quantitative estimate of drug-likeness (QED) is 0.506. The lowest BCUT2D eigenvalue weighted by Crippen LogP contribution is -2.31. The van der Waals surface area contributed by atoms with Crippen molar-refractivity contribution in [2.75, 3.05) is 7.11 Å². The molecule has 0 fully saturated rings. The zero-order valence-electron chi connectivity index (χ0n) is 11.7. The zero-order chi connectivity index (χ0) is 14.9. The molecule has 0 radical (unpaired) electrons. The summed E-state index contributed by atoms with van der Waals surface area (Å²) in [6.45, 7) is 0.668. The predicted molar refractivity (Wildman–Crippen MR) is 89.6 cm³/mol. The van der Waals surface area contributed by atoms with Gasteiger partial charge in [0.15, 0.2) is 5.11 Å². The van der Waals surface area contributed by atoms with Crippen LogP contribution in [0.15, 0.2) is 59.7 Å². The summed E-state index contributed by atoms with van der Waals surface area (Å²) in [6, 6.07) is 17.7. The summed E-state index contributed by atoms with van der Waals surface area (Å²) in [5.74, 6) is 0.795. The molecule has 0 aromatic heterocycles. The van der Waals surface area contributed by atoms with Crippen molar-refractivity contribution in [1.82, 2.24) is 10.7 Å². The van der Waals surface area contributed by atoms with Crippen LogP contribution in [0.3, 0.4) is 0 Å². The van der Waals surface area contributed by atoms with Crippen molar-refractivity contribution < 1.29 is 4.74 Å². The molecule has 2 aromatic carbocycles. The Labute approximate surface area is 129 Å². The van der Waals surface area contributed by atoms with E-state index in [1.54, 1.807) is 13.3 Å². The molecule has 0 bridgehead atoms. The van der Waals surface area contributed by atoms with Crippen LogP contribution in [0.1, 0.15) is 11.1 Å². The predicted octanol–water partition coefficient (Wildman–Crippen LogP) is 2.69. The summed E-state index contributed by atoms with van der Waals surface area (Å²) >= 11 is 5.16. The number of benzene rings is 2. The first kappa shape index (κ1) is 15.0. The Bertz CT molecular complexity index is 614. The molecule has 2 aromatic rings. The van der Waals surface area contributed by atoms with Crippen LogP contribution in [-0.4, -0.2) is 18.4 Å². The highest BCUT2D eigenvalue weighted by atomic mass is 32.1. The SMILES string of the molecule is COc1cccc(/C=N/NC(=S)NCc2ccccc2)c1. The van der Waals surface area contributed by atoms with Crippen LogP contribution in [0.5, 0.6) is 5.75 Å². The molecule has 0 saturated heterocycles. The third-order valence-electron chi connectivity index (χ3n) is 2.77. The molecule has 2 rings (SSSR count). The summed E-state index contributed by atoms with van der Waals surface area (Å²) in [6.07, 6.45) is 1.69. The number of nitrogens with one attached hydrogen (secondary N) is 2. The minimum absolute atomic E-state index is 0.484. The molecule has 4 nitrogen and oxygen atoms in total. The van der Waals surface area contributed by atoms with Crippen molar-refractivity contribution in [2.45, 2.75) is 6.54 Å². The molecule has 0 aliphatic carbocycles. The Balaban J connectivity index is 1.79. The van der Waals surface area contributed by atoms with Gasteiger partial charge in [0.25, 0.3) is 0 Å². The van der Waals surface area contributed by atoms with Crippen LogP contribution in [0.25, 0.3) is 0 Å². The van der Waals surface area contributed by atoms with Crippen LogP contribution in [0, 0.1) is 0 Å². The van der Waals surface area contributed by atoms with Gasteiger partial charge in [-0.2, -0.15) is 5.10 Å². The van der Waals surface area contributed by atoms with Gasteiger partial charge in [0, 0.05) is 6.54 Å². The fraction of sp³-hybridized carbons (Fsp3) is 0.125. The molecule has 21 heavy (non-hydrogen) atoms. The van der Waals surface area contributed by atoms with E-state index < -0.39 is 0 Å². The topological polar surface area (TPSA) is 45.6 Å². The highest BCUT2D eigenvalue weighted by Gasteiger charge is 1.95. The van der Waals surface area contributed by atoms with E-state index in [2.05, 4.69) is 15.8 Å². The number of ether oxygens (including phenoxy) is 1. The van der Waals surface area contributed by atoms with Crippen LogP contribution in [-0.2, 0) is 6.54 Å². The van der Waals surface area contributed by atoms with Gasteiger partial charge >= 0.3 is 0 Å². The van der Waals surface area contributed by atoms with Gasteiger partial charge in [0.2, 0.25) is 0 Å². The van der Waals surface area contributed by atoms with E-state index in [0.29, 0.717) is 11.7 Å². The van der Waals surface area contributed by atoms with Gasteiger partial charge in [-0.25, -0.2) is 0 Å². The molecular weight excluding hydrogens is 282 g/mol. The van der Waals surface area contributed by atoms with E-state index in [9.17, 15) is 0 Å². The minimum atomic E-state index is 0.484. The average molecular weight is 299 g/mol. The van der Waals surface area contributed by atoms with E-state index >= 15 is 0 Å². The van der Waals surface area contributed by atoms with E-state index in [1.807, 2.05) is 54.6 Å². The number of methoxy groups -OCH3 is 1. The van der Waals surface area contributed by atoms with Gasteiger partial charge in [-0.15, -0.1) is 0 Å². The summed E-state index contributed by atoms with van der Waals surface area (Å²) in [7, 11) is 1.64. The fourth-order valence-corrected chi connectivity index (χ4v) is 1.83. The van der Waals surface area contributed by atoms with Gasteiger partial charge in [0.1, 0.15) is 5.75 Å². The first-order chi connectivity index (χ1) is 10.3. The number of rotatable bonds is 5. The van der Waals surface area contributed by atoms with E-state index in [-0.39, 0.29) is 0 Å². The van der Waals surface area contributed by atoms with Crippen molar-refractivity contribution in [1.29, 1.82) is 0 Å². The molecule has 0 spiro atoms. The van der Waals surface area contributed by atoms with Crippen molar-refractivity contribution in [3.8, 4) is 5.75 Å². The first-order valence-corrected chi connectivity index (χ1v) is 6.93. The second-order valence-corrected chi connectivity index (χ2v) is 4.72. The van der Waals surface area contributed by atoms with Crippen LogP contribution in [0.2, 0.25) is 0 Å². The molecule has 0 heterocycles. The molecule has 0 saturated carbocycles. The van der Waals surface area contributed by atoms with Gasteiger partial charge in [-0.3, -0.25) is 5.43 Å². The number of nitrogens with zero attached hydrogens (tertiary/aromatic N) is 1. The van der Waals surface area contributed by atoms with E-state index in [4.69, 9.17) is 17.0 Å². The smallest absolute Gasteiger partial charge is 0.187 e. The van der Waals surface area contributed by atoms with E-state index in [0.717, 1.165) is 11.3 Å². The number of thiocarbonyl (C=S) groups is 1. The van der Waals surface area contributed by atoms with Crippen molar-refractivity contribution in [3.05, 3.63) is 65.7 Å². The van der Waals surface area contributed by atoms with Crippen molar-refractivity contribution >= 4 is 23.5 Å². The van der Waals surface area contributed by atoms with Crippen molar-refractivity contribution in [3.63, 3.8) is 0 Å². The highest BCUT2D eigenvalue weighted by molar-refractivity contribution is 7.80. The maximum absolute atomic E-state index is 5.16. The number of hydrogen-bond acceptors (Lipinski definition) is 3. The van der Waals surface area contributed by atoms with Gasteiger partial charge < -0.3 is 10.1 Å². The molecule has 0 unspecified atom stereocenters. The summed E-state index contributed by atoms with van der Waals surface area (Å²) < 4.78 is 5.15. The molecule has 5 heteroatoms. The lowest BCUT2D eigenvalue weighted by molar-refractivity contribution is 0.415. The minimum Gasteiger partial charge on any atom is -0.497 e. The summed E-state index contributed by atoms with van der Waals surface area (Å²) in [5, 5.41) is 7.67. The van der Waals surface area contributed by atoms with Gasteiger partial charge in [0.05, 0.1) is 13.3 Å². The van der Waals surface area contributed by atoms with Gasteiger partial charge in [-0.1, -0.05) is 42.5 Å². The maximum atomic E-state index is 5.16. The Morgan fingerprint density at radius 1 is 1.19 bits per heavy atom. The molecule has 0 aliphatic heterocycles. The van der Waals surface area contributed by atoms with Gasteiger partial charge in [-0.05, 0) is 35.5 Å². The Kier molecular flexibility index (Phi) is 5.72.